The number of imidazole rings is 1. The second-order valence-electron chi connectivity index (χ2n) is 9.55. The highest BCUT2D eigenvalue weighted by Gasteiger charge is 2.18. The van der Waals surface area contributed by atoms with Crippen molar-refractivity contribution in [2.75, 3.05) is 6.26 Å². The lowest BCUT2D eigenvalue weighted by molar-refractivity contribution is 0.602. The van der Waals surface area contributed by atoms with Crippen molar-refractivity contribution in [1.82, 2.24) is 9.97 Å². The van der Waals surface area contributed by atoms with E-state index in [4.69, 9.17) is 4.98 Å². The van der Waals surface area contributed by atoms with E-state index in [0.717, 1.165) is 44.3 Å². The molecule has 0 aliphatic rings. The highest BCUT2D eigenvalue weighted by molar-refractivity contribution is 7.90. The Labute approximate surface area is 208 Å². The van der Waals surface area contributed by atoms with E-state index in [-0.39, 0.29) is 0 Å². The van der Waals surface area contributed by atoms with Gasteiger partial charge in [0.1, 0.15) is 5.82 Å². The fraction of sp³-hybridized carbons (Fsp3) is 0.0645. The number of sulfone groups is 1. The highest BCUT2D eigenvalue weighted by atomic mass is 32.2. The Morgan fingerprint density at radius 1 is 0.722 bits per heavy atom. The molecule has 0 saturated heterocycles. The van der Waals surface area contributed by atoms with E-state index in [1.807, 2.05) is 12.1 Å². The molecule has 0 atom stereocenters. The number of fused-ring (bicyclic) bond motifs is 1. The molecule has 0 fully saturated rings. The van der Waals surface area contributed by atoms with E-state index >= 15 is 0 Å². The summed E-state index contributed by atoms with van der Waals surface area (Å²) in [4.78, 5) is 8.78. The average molecular weight is 487 g/mol. The summed E-state index contributed by atoms with van der Waals surface area (Å²) < 4.78 is 24.1. The van der Waals surface area contributed by atoms with Crippen molar-refractivity contribution in [3.8, 4) is 22.5 Å². The number of hydrogen-bond donors (Lipinski definition) is 1. The van der Waals surface area contributed by atoms with Gasteiger partial charge in [0.05, 0.1) is 15.9 Å². The van der Waals surface area contributed by atoms with Crippen LogP contribution >= 0.6 is 0 Å². The number of hydrogen-bond acceptors (Lipinski definition) is 3. The largest absolute Gasteiger partial charge is 0.338 e. The predicted octanol–water partition coefficient (Wildman–Crippen LogP) is 7.51. The Morgan fingerprint density at radius 3 is 2.22 bits per heavy atom. The summed E-state index contributed by atoms with van der Waals surface area (Å²) in [5, 5.41) is 7.06. The molecule has 4 nitrogen and oxygen atoms in total. The number of rotatable bonds is 3. The molecule has 36 heavy (non-hydrogen) atoms. The molecule has 1 aromatic heterocycles. The van der Waals surface area contributed by atoms with E-state index < -0.39 is 9.84 Å². The Balaban J connectivity index is 1.57. The van der Waals surface area contributed by atoms with Gasteiger partial charge in [0.15, 0.2) is 9.84 Å². The maximum atomic E-state index is 12.0. The quantitative estimate of drug-likeness (QED) is 0.263. The molecule has 0 amide bonds. The third-order valence-corrected chi connectivity index (χ3v) is 8.26. The third kappa shape index (κ3) is 3.13. The molecule has 174 valence electrons. The topological polar surface area (TPSA) is 62.8 Å². The van der Waals surface area contributed by atoms with Gasteiger partial charge in [-0.15, -0.1) is 0 Å². The lowest BCUT2D eigenvalue weighted by Gasteiger charge is -2.17. The van der Waals surface area contributed by atoms with Crippen LogP contribution < -0.4 is 0 Å². The molecule has 0 aliphatic heterocycles. The zero-order chi connectivity index (χ0) is 24.6. The molecule has 0 unspecified atom stereocenters. The second kappa shape index (κ2) is 7.39. The maximum absolute atomic E-state index is 12.0. The summed E-state index contributed by atoms with van der Waals surface area (Å²) in [7, 11) is -3.26. The fourth-order valence-corrected chi connectivity index (χ4v) is 6.03. The maximum Gasteiger partial charge on any atom is 0.175 e. The number of aryl methyl sites for hydroxylation is 1. The van der Waals surface area contributed by atoms with Gasteiger partial charge in [-0.25, -0.2) is 13.4 Å². The molecule has 5 heteroatoms. The molecule has 7 rings (SSSR count). The van der Waals surface area contributed by atoms with Crippen LogP contribution in [0.4, 0.5) is 0 Å². The minimum Gasteiger partial charge on any atom is -0.338 e. The van der Waals surface area contributed by atoms with Crippen LogP contribution in [-0.4, -0.2) is 24.6 Å². The molecule has 0 saturated carbocycles. The summed E-state index contributed by atoms with van der Waals surface area (Å²) in [5.74, 6) is 0.840. The van der Waals surface area contributed by atoms with Gasteiger partial charge >= 0.3 is 0 Å². The average Bonchev–Trinajstić information content (AvgIpc) is 3.29. The van der Waals surface area contributed by atoms with Gasteiger partial charge in [0.25, 0.3) is 0 Å². The van der Waals surface area contributed by atoms with Crippen LogP contribution in [0.1, 0.15) is 5.56 Å². The number of nitrogens with one attached hydrogen (secondary N) is 1. The van der Waals surface area contributed by atoms with Gasteiger partial charge in [-0.3, -0.25) is 0 Å². The molecule has 1 N–H and O–H groups in total. The molecule has 1 heterocycles. The van der Waals surface area contributed by atoms with Crippen LogP contribution in [0.5, 0.6) is 0 Å². The minimum atomic E-state index is -3.26. The van der Waals surface area contributed by atoms with Crippen molar-refractivity contribution >= 4 is 53.2 Å². The SMILES string of the molecule is Cc1ccc2nc(-c3ccc4ccc5cccc6c(-c7ccc(S(C)(=O)=O)cc7)cc3c4c56)[nH]c2c1. The zero-order valence-electron chi connectivity index (χ0n) is 19.8. The van der Waals surface area contributed by atoms with Crippen molar-refractivity contribution in [1.29, 1.82) is 0 Å². The summed E-state index contributed by atoms with van der Waals surface area (Å²) in [6.45, 7) is 2.08. The van der Waals surface area contributed by atoms with Crippen LogP contribution in [0.3, 0.4) is 0 Å². The van der Waals surface area contributed by atoms with E-state index in [9.17, 15) is 8.42 Å². The monoisotopic (exact) mass is 486 g/mol. The van der Waals surface area contributed by atoms with Gasteiger partial charge in [0, 0.05) is 11.8 Å². The Bertz CT molecular complexity index is 2070. The molecule has 0 radical (unpaired) electrons. The van der Waals surface area contributed by atoms with E-state index in [0.29, 0.717) is 4.90 Å². The summed E-state index contributed by atoms with van der Waals surface area (Å²) in [6, 6.07) is 30.7. The third-order valence-electron chi connectivity index (χ3n) is 7.13. The molecule has 0 bridgehead atoms. The minimum absolute atomic E-state index is 0.321. The van der Waals surface area contributed by atoms with Crippen LogP contribution in [0, 0.1) is 6.92 Å². The highest BCUT2D eigenvalue weighted by Crippen LogP contribution is 2.43. The molecular weight excluding hydrogens is 464 g/mol. The number of benzene rings is 6. The van der Waals surface area contributed by atoms with Crippen LogP contribution in [0.15, 0.2) is 95.9 Å². The predicted molar refractivity (Wildman–Crippen MR) is 149 cm³/mol. The lowest BCUT2D eigenvalue weighted by atomic mass is 9.87. The molecule has 6 aromatic carbocycles. The smallest absolute Gasteiger partial charge is 0.175 e. The Kier molecular flexibility index (Phi) is 4.33. The van der Waals surface area contributed by atoms with E-state index in [2.05, 4.69) is 78.6 Å². The lowest BCUT2D eigenvalue weighted by Crippen LogP contribution is -1.96. The summed E-state index contributed by atoms with van der Waals surface area (Å²) >= 11 is 0. The van der Waals surface area contributed by atoms with Gasteiger partial charge in [-0.05, 0) is 86.3 Å². The zero-order valence-corrected chi connectivity index (χ0v) is 20.6. The van der Waals surface area contributed by atoms with E-state index in [1.165, 1.54) is 33.4 Å². The van der Waals surface area contributed by atoms with E-state index in [1.54, 1.807) is 12.1 Å². The Morgan fingerprint density at radius 2 is 1.44 bits per heavy atom. The first-order chi connectivity index (χ1) is 17.4. The Hall–Kier alpha value is -4.22. The first-order valence-corrected chi connectivity index (χ1v) is 13.7. The summed E-state index contributed by atoms with van der Waals surface area (Å²) in [6.07, 6.45) is 1.24. The summed E-state index contributed by atoms with van der Waals surface area (Å²) in [5.41, 5.74) is 6.24. The van der Waals surface area contributed by atoms with Crippen LogP contribution in [0.2, 0.25) is 0 Å². The van der Waals surface area contributed by atoms with Crippen molar-refractivity contribution in [3.63, 3.8) is 0 Å². The van der Waals surface area contributed by atoms with Crippen molar-refractivity contribution < 1.29 is 8.42 Å². The fourth-order valence-electron chi connectivity index (χ4n) is 5.40. The van der Waals surface area contributed by atoms with Crippen molar-refractivity contribution in [2.45, 2.75) is 11.8 Å². The first kappa shape index (κ1) is 21.1. The number of aromatic amines is 1. The second-order valence-corrected chi connectivity index (χ2v) is 11.6. The first-order valence-electron chi connectivity index (χ1n) is 11.8. The molecule has 7 aromatic rings. The van der Waals surface area contributed by atoms with Crippen molar-refractivity contribution in [3.05, 3.63) is 96.6 Å². The van der Waals surface area contributed by atoms with Crippen LogP contribution in [-0.2, 0) is 9.84 Å². The normalized spacial score (nSPS) is 12.4. The van der Waals surface area contributed by atoms with Gasteiger partial charge < -0.3 is 4.98 Å². The van der Waals surface area contributed by atoms with Gasteiger partial charge in [0.2, 0.25) is 0 Å². The number of H-pyrrole nitrogens is 1. The number of nitrogens with zero attached hydrogens (tertiary/aromatic N) is 1. The standard InChI is InChI=1S/C31H22N2O2S/c1-18-6-15-27-28(16-18)33-31(32-27)24-14-11-21-8-7-20-4-3-5-23-25(17-26(24)30(21)29(20)23)19-9-12-22(13-10-19)36(2,34)35/h3-17H,1-2H3,(H,32,33). The van der Waals surface area contributed by atoms with Gasteiger partial charge in [-0.1, -0.05) is 60.7 Å². The molecular formula is C31H22N2O2S. The van der Waals surface area contributed by atoms with Crippen molar-refractivity contribution in [2.24, 2.45) is 0 Å². The van der Waals surface area contributed by atoms with Gasteiger partial charge in [-0.2, -0.15) is 0 Å². The van der Waals surface area contributed by atoms with Crippen LogP contribution in [0.25, 0.3) is 65.9 Å². The molecule has 0 aliphatic carbocycles. The number of aromatic nitrogens is 2. The molecule has 0 spiro atoms.